The van der Waals surface area contributed by atoms with Crippen molar-refractivity contribution in [3.8, 4) is 11.5 Å². The van der Waals surface area contributed by atoms with Crippen LogP contribution in [0.1, 0.15) is 31.4 Å². The molecule has 0 unspecified atom stereocenters. The summed E-state index contributed by atoms with van der Waals surface area (Å²) in [6.45, 7) is 5.08. The van der Waals surface area contributed by atoms with Crippen LogP contribution >= 0.6 is 0 Å². The van der Waals surface area contributed by atoms with Crippen LogP contribution < -0.4 is 14.9 Å². The van der Waals surface area contributed by atoms with E-state index in [9.17, 15) is 10.1 Å². The van der Waals surface area contributed by atoms with Gasteiger partial charge in [-0.2, -0.15) is 5.10 Å². The molecule has 2 aromatic carbocycles. The monoisotopic (exact) mass is 357 g/mol. The number of benzene rings is 2. The standard InChI is InChI=1S/C19H23N3O4/c1-3-10-26-19-17(22(23)24)11-16(12-18(19)25-4-2)14-21-20-13-15-8-6-5-7-9-15/h5-9,11-12,14,20H,3-4,10,13H2,1-2H3. The number of hydrazone groups is 1. The van der Waals surface area contributed by atoms with Crippen LogP contribution in [0.15, 0.2) is 47.6 Å². The molecule has 0 amide bonds. The van der Waals surface area contributed by atoms with E-state index in [2.05, 4.69) is 10.5 Å². The van der Waals surface area contributed by atoms with E-state index in [1.807, 2.05) is 44.2 Å². The number of nitro benzene ring substituents is 1. The summed E-state index contributed by atoms with van der Waals surface area (Å²) in [7, 11) is 0. The van der Waals surface area contributed by atoms with Crippen LogP contribution in [0.5, 0.6) is 11.5 Å². The van der Waals surface area contributed by atoms with Crippen molar-refractivity contribution in [2.75, 3.05) is 13.2 Å². The number of hydrogen-bond acceptors (Lipinski definition) is 6. The first-order valence-corrected chi connectivity index (χ1v) is 8.53. The molecule has 0 atom stereocenters. The van der Waals surface area contributed by atoms with E-state index >= 15 is 0 Å². The van der Waals surface area contributed by atoms with Crippen LogP contribution in [-0.4, -0.2) is 24.4 Å². The van der Waals surface area contributed by atoms with Crippen LogP contribution in [0.3, 0.4) is 0 Å². The van der Waals surface area contributed by atoms with E-state index in [1.165, 1.54) is 12.3 Å². The van der Waals surface area contributed by atoms with Gasteiger partial charge in [-0.3, -0.25) is 10.1 Å². The fraction of sp³-hybridized carbons (Fsp3) is 0.316. The minimum Gasteiger partial charge on any atom is -0.490 e. The fourth-order valence-electron chi connectivity index (χ4n) is 2.28. The molecule has 0 aliphatic rings. The van der Waals surface area contributed by atoms with Gasteiger partial charge in [0.25, 0.3) is 0 Å². The zero-order chi connectivity index (χ0) is 18.8. The van der Waals surface area contributed by atoms with Crippen molar-refractivity contribution < 1.29 is 14.4 Å². The Labute approximate surface area is 152 Å². The third-order valence-corrected chi connectivity index (χ3v) is 3.44. The minimum absolute atomic E-state index is 0.131. The maximum Gasteiger partial charge on any atom is 0.315 e. The second kappa shape index (κ2) is 10.0. The number of nitro groups is 1. The Balaban J connectivity index is 2.19. The number of ether oxygens (including phenoxy) is 2. The molecule has 0 aliphatic heterocycles. The first-order valence-electron chi connectivity index (χ1n) is 8.53. The van der Waals surface area contributed by atoms with Gasteiger partial charge in [-0.1, -0.05) is 37.3 Å². The highest BCUT2D eigenvalue weighted by Crippen LogP contribution is 2.38. The van der Waals surface area contributed by atoms with Gasteiger partial charge in [-0.15, -0.1) is 0 Å². The molecule has 0 aromatic heterocycles. The lowest BCUT2D eigenvalue weighted by atomic mass is 10.2. The van der Waals surface area contributed by atoms with Crippen LogP contribution in [0.4, 0.5) is 5.69 Å². The summed E-state index contributed by atoms with van der Waals surface area (Å²) in [5, 5.41) is 15.6. The largest absolute Gasteiger partial charge is 0.490 e. The molecule has 0 saturated carbocycles. The van der Waals surface area contributed by atoms with E-state index in [-0.39, 0.29) is 11.4 Å². The molecular weight excluding hydrogens is 334 g/mol. The molecular formula is C19H23N3O4. The number of hydrogen-bond donors (Lipinski definition) is 1. The molecule has 138 valence electrons. The first kappa shape index (κ1) is 19.2. The van der Waals surface area contributed by atoms with Crippen LogP contribution in [0.25, 0.3) is 0 Å². The van der Waals surface area contributed by atoms with Crippen molar-refractivity contribution in [3.05, 3.63) is 63.7 Å². The van der Waals surface area contributed by atoms with Gasteiger partial charge in [0, 0.05) is 11.6 Å². The van der Waals surface area contributed by atoms with Gasteiger partial charge in [0.05, 0.1) is 30.9 Å². The Bertz CT molecular complexity index is 748. The van der Waals surface area contributed by atoms with Gasteiger partial charge >= 0.3 is 5.69 Å². The van der Waals surface area contributed by atoms with E-state index < -0.39 is 4.92 Å². The number of nitrogens with zero attached hydrogens (tertiary/aromatic N) is 2. The molecule has 7 nitrogen and oxygen atoms in total. The molecule has 0 spiro atoms. The zero-order valence-electron chi connectivity index (χ0n) is 15.0. The van der Waals surface area contributed by atoms with Crippen molar-refractivity contribution in [3.63, 3.8) is 0 Å². The van der Waals surface area contributed by atoms with E-state index in [0.29, 0.717) is 31.1 Å². The molecule has 2 rings (SSSR count). The van der Waals surface area contributed by atoms with Gasteiger partial charge in [-0.25, -0.2) is 0 Å². The molecule has 1 N–H and O–H groups in total. The highest BCUT2D eigenvalue weighted by molar-refractivity contribution is 5.83. The highest BCUT2D eigenvalue weighted by Gasteiger charge is 2.22. The van der Waals surface area contributed by atoms with E-state index in [4.69, 9.17) is 9.47 Å². The Morgan fingerprint density at radius 2 is 1.96 bits per heavy atom. The van der Waals surface area contributed by atoms with Crippen LogP contribution in [-0.2, 0) is 6.54 Å². The van der Waals surface area contributed by atoms with Crippen molar-refractivity contribution in [2.24, 2.45) is 5.10 Å². The Morgan fingerprint density at radius 3 is 2.62 bits per heavy atom. The lowest BCUT2D eigenvalue weighted by molar-refractivity contribution is -0.386. The summed E-state index contributed by atoms with van der Waals surface area (Å²) in [5.74, 6) is 0.507. The maximum absolute atomic E-state index is 11.4. The first-order chi connectivity index (χ1) is 12.7. The molecule has 0 bridgehead atoms. The average molecular weight is 357 g/mol. The Morgan fingerprint density at radius 1 is 1.19 bits per heavy atom. The second-order valence-electron chi connectivity index (χ2n) is 5.48. The normalized spacial score (nSPS) is 10.7. The summed E-state index contributed by atoms with van der Waals surface area (Å²) in [5.41, 5.74) is 4.45. The molecule has 0 fully saturated rings. The van der Waals surface area contributed by atoms with Gasteiger partial charge in [0.2, 0.25) is 5.75 Å². The highest BCUT2D eigenvalue weighted by atomic mass is 16.6. The second-order valence-corrected chi connectivity index (χ2v) is 5.48. The predicted octanol–water partition coefficient (Wildman–Crippen LogP) is 3.91. The summed E-state index contributed by atoms with van der Waals surface area (Å²) in [6.07, 6.45) is 2.28. The maximum atomic E-state index is 11.4. The van der Waals surface area contributed by atoms with Crippen molar-refractivity contribution in [1.29, 1.82) is 0 Å². The lowest BCUT2D eigenvalue weighted by Gasteiger charge is -2.12. The molecule has 0 aliphatic carbocycles. The van der Waals surface area contributed by atoms with Crippen molar-refractivity contribution in [2.45, 2.75) is 26.8 Å². The van der Waals surface area contributed by atoms with Crippen LogP contribution in [0.2, 0.25) is 0 Å². The smallest absolute Gasteiger partial charge is 0.315 e. The summed E-state index contributed by atoms with van der Waals surface area (Å²) < 4.78 is 11.1. The van der Waals surface area contributed by atoms with E-state index in [1.54, 1.807) is 6.07 Å². The predicted molar refractivity (Wildman–Crippen MR) is 101 cm³/mol. The molecule has 0 radical (unpaired) electrons. The number of rotatable bonds is 10. The minimum atomic E-state index is -0.470. The Hall–Kier alpha value is -3.09. The van der Waals surface area contributed by atoms with Gasteiger partial charge in [0.15, 0.2) is 5.75 Å². The zero-order valence-corrected chi connectivity index (χ0v) is 15.0. The Kier molecular flexibility index (Phi) is 7.42. The summed E-state index contributed by atoms with van der Waals surface area (Å²) >= 11 is 0. The van der Waals surface area contributed by atoms with Crippen molar-refractivity contribution in [1.82, 2.24) is 5.43 Å². The molecule has 7 heteroatoms. The lowest BCUT2D eigenvalue weighted by Crippen LogP contribution is -2.06. The SMILES string of the molecule is CCCOc1c(OCC)cc(C=NNCc2ccccc2)cc1[N+](=O)[O-]. The van der Waals surface area contributed by atoms with Gasteiger partial charge in [0.1, 0.15) is 0 Å². The van der Waals surface area contributed by atoms with Crippen LogP contribution in [0, 0.1) is 10.1 Å². The van der Waals surface area contributed by atoms with Crippen molar-refractivity contribution >= 4 is 11.9 Å². The van der Waals surface area contributed by atoms with Gasteiger partial charge in [-0.05, 0) is 25.0 Å². The number of nitrogens with one attached hydrogen (secondary N) is 1. The third kappa shape index (κ3) is 5.47. The molecule has 0 heterocycles. The molecule has 2 aromatic rings. The van der Waals surface area contributed by atoms with E-state index in [0.717, 1.165) is 12.0 Å². The summed E-state index contributed by atoms with van der Waals surface area (Å²) in [6, 6.07) is 12.9. The average Bonchev–Trinajstić information content (AvgIpc) is 2.65. The third-order valence-electron chi connectivity index (χ3n) is 3.44. The fourth-order valence-corrected chi connectivity index (χ4v) is 2.28. The quantitative estimate of drug-likeness (QED) is 0.396. The van der Waals surface area contributed by atoms with Gasteiger partial charge < -0.3 is 14.9 Å². The molecule has 26 heavy (non-hydrogen) atoms. The topological polar surface area (TPSA) is 86.0 Å². The summed E-state index contributed by atoms with van der Waals surface area (Å²) in [4.78, 5) is 10.9. The molecule has 0 saturated heterocycles.